The fraction of sp³-hybridized carbons (Fsp3) is 0.737. The Hall–Kier alpha value is -1.33. The summed E-state index contributed by atoms with van der Waals surface area (Å²) in [6, 6.07) is 4.48. The lowest BCUT2D eigenvalue weighted by Crippen LogP contribution is -2.46. The Morgan fingerprint density at radius 1 is 1.38 bits per heavy atom. The average Bonchev–Trinajstić information content (AvgIpc) is 3.10. The monoisotopic (exact) mass is 333 g/mol. The predicted octanol–water partition coefficient (Wildman–Crippen LogP) is 2.44. The molecule has 2 fully saturated rings. The van der Waals surface area contributed by atoms with Gasteiger partial charge in [0.1, 0.15) is 11.5 Å². The quantitative estimate of drug-likeness (QED) is 0.833. The minimum atomic E-state index is 0.120. The highest BCUT2D eigenvalue weighted by molar-refractivity contribution is 5.78. The van der Waals surface area contributed by atoms with Crippen molar-refractivity contribution >= 4 is 5.91 Å². The largest absolute Gasteiger partial charge is 0.464 e. The lowest BCUT2D eigenvalue weighted by molar-refractivity contribution is -0.123. The SMILES string of the molecule is CCN1CCC(NC(=O)CN(C)Cc2ccc([C@H]3C[C@@H]3C)o2)CC1. The van der Waals surface area contributed by atoms with Gasteiger partial charge in [0.05, 0.1) is 13.1 Å². The van der Waals surface area contributed by atoms with E-state index >= 15 is 0 Å². The molecule has 1 amide bonds. The molecule has 134 valence electrons. The van der Waals surface area contributed by atoms with Crippen LogP contribution in [-0.4, -0.2) is 55.0 Å². The summed E-state index contributed by atoms with van der Waals surface area (Å²) in [4.78, 5) is 16.7. The molecule has 0 bridgehead atoms. The maximum absolute atomic E-state index is 12.2. The molecule has 1 aromatic rings. The van der Waals surface area contributed by atoms with Gasteiger partial charge in [-0.25, -0.2) is 0 Å². The Morgan fingerprint density at radius 3 is 2.71 bits per heavy atom. The van der Waals surface area contributed by atoms with Crippen molar-refractivity contribution in [2.75, 3.05) is 33.2 Å². The van der Waals surface area contributed by atoms with Crippen LogP contribution in [0.25, 0.3) is 0 Å². The number of hydrogen-bond acceptors (Lipinski definition) is 4. The Labute approximate surface area is 145 Å². The normalized spacial score (nSPS) is 25.2. The van der Waals surface area contributed by atoms with Crippen LogP contribution in [0.1, 0.15) is 50.5 Å². The highest BCUT2D eigenvalue weighted by Gasteiger charge is 2.36. The second-order valence-corrected chi connectivity index (χ2v) is 7.57. The van der Waals surface area contributed by atoms with Crippen LogP contribution in [0.5, 0.6) is 0 Å². The number of amides is 1. The summed E-state index contributed by atoms with van der Waals surface area (Å²) < 4.78 is 5.93. The topological polar surface area (TPSA) is 48.7 Å². The Morgan fingerprint density at radius 2 is 2.08 bits per heavy atom. The first-order chi connectivity index (χ1) is 11.5. The van der Waals surface area contributed by atoms with E-state index in [4.69, 9.17) is 4.42 Å². The second kappa shape index (κ2) is 7.70. The zero-order valence-corrected chi connectivity index (χ0v) is 15.3. The molecule has 1 saturated carbocycles. The number of piperidine rings is 1. The van der Waals surface area contributed by atoms with Gasteiger partial charge in [-0.05, 0) is 50.9 Å². The summed E-state index contributed by atoms with van der Waals surface area (Å²) in [5.74, 6) is 3.55. The zero-order chi connectivity index (χ0) is 17.1. The third kappa shape index (κ3) is 4.61. The maximum atomic E-state index is 12.2. The Balaban J connectivity index is 1.39. The summed E-state index contributed by atoms with van der Waals surface area (Å²) >= 11 is 0. The molecule has 2 atom stereocenters. The van der Waals surface area contributed by atoms with Gasteiger partial charge in [0, 0.05) is 25.0 Å². The summed E-state index contributed by atoms with van der Waals surface area (Å²) in [5, 5.41) is 3.18. The summed E-state index contributed by atoms with van der Waals surface area (Å²) in [5.41, 5.74) is 0. The van der Waals surface area contributed by atoms with E-state index in [0.29, 0.717) is 25.0 Å². The molecule has 0 unspecified atom stereocenters. The summed E-state index contributed by atoms with van der Waals surface area (Å²) in [7, 11) is 1.97. The molecule has 1 saturated heterocycles. The smallest absolute Gasteiger partial charge is 0.234 e. The van der Waals surface area contributed by atoms with Crippen LogP contribution in [0, 0.1) is 5.92 Å². The molecule has 24 heavy (non-hydrogen) atoms. The molecule has 5 nitrogen and oxygen atoms in total. The molecule has 0 aromatic carbocycles. The van der Waals surface area contributed by atoms with Crippen molar-refractivity contribution in [2.24, 2.45) is 5.92 Å². The van der Waals surface area contributed by atoms with Crippen molar-refractivity contribution in [1.82, 2.24) is 15.1 Å². The molecule has 1 aliphatic heterocycles. The number of likely N-dealkylation sites (tertiary alicyclic amines) is 1. The Kier molecular flexibility index (Phi) is 5.61. The first-order valence-corrected chi connectivity index (χ1v) is 9.34. The lowest BCUT2D eigenvalue weighted by atomic mass is 10.1. The first kappa shape index (κ1) is 17.5. The van der Waals surface area contributed by atoms with Gasteiger partial charge in [-0.15, -0.1) is 0 Å². The average molecular weight is 333 g/mol. The third-order valence-corrected chi connectivity index (χ3v) is 5.40. The number of likely N-dealkylation sites (N-methyl/N-ethyl adjacent to an activating group) is 1. The van der Waals surface area contributed by atoms with Crippen molar-refractivity contribution in [3.8, 4) is 0 Å². The van der Waals surface area contributed by atoms with E-state index in [1.807, 2.05) is 11.9 Å². The molecule has 2 aliphatic rings. The van der Waals surface area contributed by atoms with Gasteiger partial charge in [-0.3, -0.25) is 9.69 Å². The van der Waals surface area contributed by atoms with Crippen molar-refractivity contribution in [3.05, 3.63) is 23.7 Å². The highest BCUT2D eigenvalue weighted by Crippen LogP contribution is 2.47. The third-order valence-electron chi connectivity index (χ3n) is 5.40. The van der Waals surface area contributed by atoms with Gasteiger partial charge >= 0.3 is 0 Å². The number of carbonyl (C=O) groups is 1. The van der Waals surface area contributed by atoms with Crippen LogP contribution in [0.3, 0.4) is 0 Å². The predicted molar refractivity (Wildman–Crippen MR) is 94.8 cm³/mol. The number of carbonyl (C=O) groups excluding carboxylic acids is 1. The molecule has 3 rings (SSSR count). The number of nitrogens with zero attached hydrogens (tertiary/aromatic N) is 2. The van der Waals surface area contributed by atoms with E-state index in [9.17, 15) is 4.79 Å². The van der Waals surface area contributed by atoms with E-state index in [1.54, 1.807) is 0 Å². The van der Waals surface area contributed by atoms with Crippen molar-refractivity contribution in [3.63, 3.8) is 0 Å². The number of furan rings is 1. The molecule has 1 N–H and O–H groups in total. The van der Waals surface area contributed by atoms with Crippen molar-refractivity contribution < 1.29 is 9.21 Å². The maximum Gasteiger partial charge on any atom is 0.234 e. The van der Waals surface area contributed by atoms with Gasteiger partial charge in [-0.2, -0.15) is 0 Å². The van der Waals surface area contributed by atoms with Gasteiger partial charge in [0.25, 0.3) is 0 Å². The minimum absolute atomic E-state index is 0.120. The van der Waals surface area contributed by atoms with Crippen LogP contribution >= 0.6 is 0 Å². The van der Waals surface area contributed by atoms with Crippen molar-refractivity contribution in [2.45, 2.75) is 51.6 Å². The molecular formula is C19H31N3O2. The molecule has 0 radical (unpaired) electrons. The number of hydrogen-bond donors (Lipinski definition) is 1. The summed E-state index contributed by atoms with van der Waals surface area (Å²) in [6.07, 6.45) is 3.36. The van der Waals surface area contributed by atoms with Crippen LogP contribution in [0.2, 0.25) is 0 Å². The van der Waals surface area contributed by atoms with E-state index in [0.717, 1.165) is 49.9 Å². The highest BCUT2D eigenvalue weighted by atomic mass is 16.3. The van der Waals surface area contributed by atoms with E-state index in [2.05, 4.69) is 36.2 Å². The van der Waals surface area contributed by atoms with E-state index < -0.39 is 0 Å². The lowest BCUT2D eigenvalue weighted by Gasteiger charge is -2.31. The molecule has 5 heteroatoms. The van der Waals surface area contributed by atoms with Crippen LogP contribution < -0.4 is 5.32 Å². The minimum Gasteiger partial charge on any atom is -0.464 e. The standard InChI is InChI=1S/C19H31N3O2/c1-4-22-9-7-15(8-10-22)20-19(23)13-21(3)12-16-5-6-18(24-16)17-11-14(17)2/h5-6,14-15,17H,4,7-13H2,1-3H3,(H,20,23)/t14-,17-/m0/s1. The van der Waals surface area contributed by atoms with E-state index in [1.165, 1.54) is 6.42 Å². The fourth-order valence-corrected chi connectivity index (χ4v) is 3.63. The molecule has 0 spiro atoms. The zero-order valence-electron chi connectivity index (χ0n) is 15.3. The van der Waals surface area contributed by atoms with Gasteiger partial charge in [0.2, 0.25) is 5.91 Å². The number of rotatable bonds is 7. The fourth-order valence-electron chi connectivity index (χ4n) is 3.63. The van der Waals surface area contributed by atoms with Gasteiger partial charge in [-0.1, -0.05) is 13.8 Å². The van der Waals surface area contributed by atoms with Crippen molar-refractivity contribution in [1.29, 1.82) is 0 Å². The molecule has 1 aliphatic carbocycles. The van der Waals surface area contributed by atoms with Gasteiger partial charge < -0.3 is 14.6 Å². The Bertz CT molecular complexity index is 549. The number of nitrogens with one attached hydrogen (secondary N) is 1. The van der Waals surface area contributed by atoms with Crippen LogP contribution in [-0.2, 0) is 11.3 Å². The van der Waals surface area contributed by atoms with Gasteiger partial charge in [0.15, 0.2) is 0 Å². The molecule has 2 heterocycles. The molecular weight excluding hydrogens is 302 g/mol. The van der Waals surface area contributed by atoms with E-state index in [-0.39, 0.29) is 5.91 Å². The first-order valence-electron chi connectivity index (χ1n) is 9.34. The summed E-state index contributed by atoms with van der Waals surface area (Å²) in [6.45, 7) is 8.84. The van der Waals surface area contributed by atoms with Crippen LogP contribution in [0.15, 0.2) is 16.5 Å². The van der Waals surface area contributed by atoms with Crippen LogP contribution in [0.4, 0.5) is 0 Å². The molecule has 1 aromatic heterocycles. The second-order valence-electron chi connectivity index (χ2n) is 7.57.